The van der Waals surface area contributed by atoms with Gasteiger partial charge < -0.3 is 9.80 Å². The fraction of sp³-hybridized carbons (Fsp3) is 0.421. The summed E-state index contributed by atoms with van der Waals surface area (Å²) in [6.07, 6.45) is 6.92. The van der Waals surface area contributed by atoms with Crippen LogP contribution in [0.2, 0.25) is 0 Å². The van der Waals surface area contributed by atoms with Gasteiger partial charge in [-0.2, -0.15) is 0 Å². The first kappa shape index (κ1) is 14.9. The maximum atomic E-state index is 12.1. The van der Waals surface area contributed by atoms with E-state index in [-0.39, 0.29) is 11.7 Å². The molecule has 2 aliphatic carbocycles. The molecule has 23 heavy (non-hydrogen) atoms. The van der Waals surface area contributed by atoms with Crippen molar-refractivity contribution in [3.05, 3.63) is 52.1 Å². The van der Waals surface area contributed by atoms with Gasteiger partial charge in [-0.3, -0.25) is 4.79 Å². The van der Waals surface area contributed by atoms with Crippen molar-refractivity contribution in [1.82, 2.24) is 4.90 Å². The van der Waals surface area contributed by atoms with Crippen LogP contribution in [0.4, 0.5) is 5.00 Å². The molecule has 1 unspecified atom stereocenters. The van der Waals surface area contributed by atoms with Gasteiger partial charge in [-0.1, -0.05) is 19.9 Å². The number of anilines is 1. The molecular formula is C19H22N2OS. The number of hydrogen-bond acceptors (Lipinski definition) is 4. The highest BCUT2D eigenvalue weighted by Gasteiger charge is 2.41. The molecule has 3 nitrogen and oxygen atoms in total. The molecule has 1 aromatic heterocycles. The summed E-state index contributed by atoms with van der Waals surface area (Å²) in [4.78, 5) is 17.0. The molecule has 4 rings (SSSR count). The lowest BCUT2D eigenvalue weighted by Crippen LogP contribution is -2.34. The molecule has 0 bridgehead atoms. The molecule has 3 aliphatic rings. The van der Waals surface area contributed by atoms with Gasteiger partial charge in [0.2, 0.25) is 0 Å². The Bertz CT molecular complexity index is 736. The lowest BCUT2D eigenvalue weighted by Gasteiger charge is -2.28. The lowest BCUT2D eigenvalue weighted by molar-refractivity contribution is -0.114. The van der Waals surface area contributed by atoms with Crippen LogP contribution in [0, 0.1) is 0 Å². The Morgan fingerprint density at radius 3 is 2.91 bits per heavy atom. The van der Waals surface area contributed by atoms with Crippen LogP contribution in [0.5, 0.6) is 0 Å². The third kappa shape index (κ3) is 2.24. The number of allylic oxidation sites excluding steroid dienone is 5. The molecular weight excluding hydrogens is 304 g/mol. The van der Waals surface area contributed by atoms with E-state index in [9.17, 15) is 4.79 Å². The quantitative estimate of drug-likeness (QED) is 0.824. The van der Waals surface area contributed by atoms with Crippen LogP contribution >= 0.6 is 11.3 Å². The molecule has 1 atom stereocenters. The fourth-order valence-corrected chi connectivity index (χ4v) is 4.91. The average Bonchev–Trinajstić information content (AvgIpc) is 3.24. The van der Waals surface area contributed by atoms with Crippen molar-refractivity contribution < 1.29 is 4.79 Å². The number of thiophene rings is 1. The largest absolute Gasteiger partial charge is 0.334 e. The topological polar surface area (TPSA) is 23.6 Å². The van der Waals surface area contributed by atoms with Crippen molar-refractivity contribution >= 4 is 22.1 Å². The lowest BCUT2D eigenvalue weighted by atomic mass is 9.85. The van der Waals surface area contributed by atoms with Crippen LogP contribution in [0.3, 0.4) is 0 Å². The number of rotatable bonds is 5. The number of Topliss-reactive ketones (excluding diaryl/α,β-unsaturated/α-hetero) is 1. The molecule has 0 aromatic carbocycles. The second kappa shape index (κ2) is 5.77. The molecule has 0 saturated carbocycles. The van der Waals surface area contributed by atoms with Crippen LogP contribution < -0.4 is 4.90 Å². The van der Waals surface area contributed by atoms with Crippen LogP contribution in [0.25, 0.3) is 0 Å². The smallest absolute Gasteiger partial charge is 0.166 e. The van der Waals surface area contributed by atoms with Crippen molar-refractivity contribution in [2.24, 2.45) is 0 Å². The van der Waals surface area contributed by atoms with Crippen LogP contribution in [-0.4, -0.2) is 36.9 Å². The van der Waals surface area contributed by atoms with Gasteiger partial charge in [0.05, 0.1) is 10.9 Å². The Balaban J connectivity index is 1.67. The van der Waals surface area contributed by atoms with Crippen molar-refractivity contribution in [2.45, 2.75) is 26.2 Å². The second-order valence-corrected chi connectivity index (χ2v) is 7.15. The van der Waals surface area contributed by atoms with Gasteiger partial charge in [0.1, 0.15) is 0 Å². The van der Waals surface area contributed by atoms with Crippen molar-refractivity contribution in [1.29, 1.82) is 0 Å². The third-order valence-electron chi connectivity index (χ3n) is 5.22. The molecule has 0 N–H and O–H groups in total. The molecule has 1 aliphatic heterocycles. The van der Waals surface area contributed by atoms with Crippen molar-refractivity contribution in [3.63, 3.8) is 0 Å². The van der Waals surface area contributed by atoms with Crippen LogP contribution in [0.1, 0.15) is 31.7 Å². The molecule has 1 aromatic rings. The minimum Gasteiger partial charge on any atom is -0.334 e. The summed E-state index contributed by atoms with van der Waals surface area (Å²) in [6, 6.07) is 2.24. The average molecular weight is 326 g/mol. The maximum absolute atomic E-state index is 12.1. The van der Waals surface area contributed by atoms with E-state index in [0.29, 0.717) is 6.42 Å². The highest BCUT2D eigenvalue weighted by atomic mass is 32.1. The molecule has 0 fully saturated rings. The third-order valence-corrected chi connectivity index (χ3v) is 6.17. The zero-order chi connectivity index (χ0) is 16.0. The van der Waals surface area contributed by atoms with Gasteiger partial charge in [0.25, 0.3) is 0 Å². The fourth-order valence-electron chi connectivity index (χ4n) is 3.92. The van der Waals surface area contributed by atoms with E-state index in [1.165, 1.54) is 21.8 Å². The van der Waals surface area contributed by atoms with Gasteiger partial charge in [-0.05, 0) is 42.3 Å². The first-order chi connectivity index (χ1) is 11.2. The van der Waals surface area contributed by atoms with Gasteiger partial charge >= 0.3 is 0 Å². The number of fused-ring (bicyclic) bond motifs is 5. The normalized spacial score (nSPS) is 21.9. The highest BCUT2D eigenvalue weighted by Crippen LogP contribution is 2.54. The summed E-state index contributed by atoms with van der Waals surface area (Å²) in [5.41, 5.74) is 4.90. The number of nitrogens with zero attached hydrogens (tertiary/aromatic N) is 2. The molecule has 2 heterocycles. The zero-order valence-corrected chi connectivity index (χ0v) is 14.5. The zero-order valence-electron chi connectivity index (χ0n) is 13.7. The highest BCUT2D eigenvalue weighted by molar-refractivity contribution is 7.14. The van der Waals surface area contributed by atoms with Crippen molar-refractivity contribution in [2.75, 3.05) is 31.1 Å². The number of hydrogen-bond donors (Lipinski definition) is 0. The van der Waals surface area contributed by atoms with E-state index >= 15 is 0 Å². The van der Waals surface area contributed by atoms with E-state index in [0.717, 1.165) is 31.8 Å². The summed E-state index contributed by atoms with van der Waals surface area (Å²) < 4.78 is 0. The molecule has 0 amide bonds. The van der Waals surface area contributed by atoms with E-state index in [1.807, 2.05) is 17.4 Å². The predicted molar refractivity (Wildman–Crippen MR) is 96.1 cm³/mol. The monoisotopic (exact) mass is 326 g/mol. The predicted octanol–water partition coefficient (Wildman–Crippen LogP) is 3.72. The Morgan fingerprint density at radius 2 is 2.13 bits per heavy atom. The SMILES string of the molecule is CCN(CC)CCN1C2=CC=C3C(=O)CC=C3C2c2ccsc21. The minimum atomic E-state index is 0.272. The number of likely N-dealkylation sites (N-methyl/N-ethyl adjacent to an activating group) is 1. The van der Waals surface area contributed by atoms with E-state index in [1.54, 1.807) is 0 Å². The van der Waals surface area contributed by atoms with E-state index in [4.69, 9.17) is 0 Å². The van der Waals surface area contributed by atoms with Gasteiger partial charge in [0.15, 0.2) is 5.78 Å². The van der Waals surface area contributed by atoms with E-state index < -0.39 is 0 Å². The summed E-state index contributed by atoms with van der Waals surface area (Å²) in [6.45, 7) is 8.71. The van der Waals surface area contributed by atoms with Crippen LogP contribution in [0.15, 0.2) is 46.5 Å². The summed E-state index contributed by atoms with van der Waals surface area (Å²) >= 11 is 1.82. The maximum Gasteiger partial charge on any atom is 0.166 e. The van der Waals surface area contributed by atoms with E-state index in [2.05, 4.69) is 47.2 Å². The molecule has 120 valence electrons. The first-order valence-electron chi connectivity index (χ1n) is 8.47. The first-order valence-corrected chi connectivity index (χ1v) is 9.35. The Hall–Kier alpha value is -1.65. The molecule has 4 heteroatoms. The van der Waals surface area contributed by atoms with Crippen molar-refractivity contribution in [3.8, 4) is 0 Å². The Kier molecular flexibility index (Phi) is 3.74. The summed E-state index contributed by atoms with van der Waals surface area (Å²) in [5.74, 6) is 0.549. The summed E-state index contributed by atoms with van der Waals surface area (Å²) in [5, 5.41) is 3.55. The van der Waals surface area contributed by atoms with Crippen LogP contribution in [-0.2, 0) is 4.79 Å². The standard InChI is InChI=1S/C19H22N2OS/c1-3-20(4-2)10-11-21-16-7-5-13-14(6-8-17(13)22)18(16)15-9-12-23-19(15)21/h5-7,9,12,18H,3-4,8,10-11H2,1-2H3. The summed E-state index contributed by atoms with van der Waals surface area (Å²) in [7, 11) is 0. The molecule has 0 radical (unpaired) electrons. The van der Waals surface area contributed by atoms with Gasteiger partial charge in [-0.25, -0.2) is 0 Å². The number of carbonyl (C=O) groups is 1. The minimum absolute atomic E-state index is 0.272. The molecule has 0 saturated heterocycles. The Labute approximate surface area is 141 Å². The number of carbonyl (C=O) groups excluding carboxylic acids is 1. The van der Waals surface area contributed by atoms with Gasteiger partial charge in [-0.15, -0.1) is 11.3 Å². The number of ketones is 1. The molecule has 0 spiro atoms. The Morgan fingerprint density at radius 1 is 1.30 bits per heavy atom. The van der Waals surface area contributed by atoms with Gasteiger partial charge in [0, 0.05) is 36.3 Å². The second-order valence-electron chi connectivity index (χ2n) is 6.25.